The molecule has 0 fully saturated rings. The fourth-order valence-corrected chi connectivity index (χ4v) is 1.92. The van der Waals surface area contributed by atoms with Crippen LogP contribution in [-0.2, 0) is 0 Å². The van der Waals surface area contributed by atoms with Crippen LogP contribution in [0, 0.1) is 33.3 Å². The molecular weight excluding hydrogens is 326 g/mol. The summed E-state index contributed by atoms with van der Waals surface area (Å²) in [6.07, 6.45) is -1.46. The molecule has 0 aliphatic carbocycles. The lowest BCUT2D eigenvalue weighted by Crippen LogP contribution is -2.10. The van der Waals surface area contributed by atoms with Gasteiger partial charge in [0.2, 0.25) is 0 Å². The highest BCUT2D eigenvalue weighted by Gasteiger charge is 2.20. The van der Waals surface area contributed by atoms with Crippen LogP contribution in [0.15, 0.2) is 42.5 Å². The van der Waals surface area contributed by atoms with E-state index in [-0.39, 0.29) is 23.6 Å². The van der Waals surface area contributed by atoms with Gasteiger partial charge in [0, 0.05) is 17.7 Å². The lowest BCUT2D eigenvalue weighted by Gasteiger charge is -2.09. The molecule has 2 aromatic rings. The smallest absolute Gasteiger partial charge is 0.409 e. The second-order valence-corrected chi connectivity index (χ2v) is 4.62. The number of hydrogen-bond donors (Lipinski definition) is 2. The molecule has 25 heavy (non-hydrogen) atoms. The molecule has 1 amide bonds. The van der Waals surface area contributed by atoms with Crippen LogP contribution in [-0.4, -0.2) is 22.7 Å². The van der Waals surface area contributed by atoms with E-state index in [1.54, 1.807) is 30.3 Å². The molecule has 2 aromatic carbocycles. The molecule has 8 nitrogen and oxygen atoms in total. The molecule has 2 N–H and O–H groups in total. The molecule has 2 rings (SSSR count). The third-order valence-corrected chi connectivity index (χ3v) is 2.94. The van der Waals surface area contributed by atoms with Crippen LogP contribution in [0.5, 0.6) is 5.75 Å². The number of nitro groups is 1. The molecular formula is C17H11N3O5. The molecule has 0 saturated carbocycles. The molecule has 0 heterocycles. The second-order valence-electron chi connectivity index (χ2n) is 4.62. The van der Waals surface area contributed by atoms with Crippen molar-refractivity contribution in [3.63, 3.8) is 0 Å². The highest BCUT2D eigenvalue weighted by atomic mass is 16.6. The van der Waals surface area contributed by atoms with Crippen LogP contribution < -0.4 is 10.1 Å². The van der Waals surface area contributed by atoms with E-state index in [4.69, 9.17) is 15.1 Å². The number of benzene rings is 2. The Morgan fingerprint density at radius 1 is 1.28 bits per heavy atom. The Morgan fingerprint density at radius 3 is 2.60 bits per heavy atom. The summed E-state index contributed by atoms with van der Waals surface area (Å²) < 4.78 is 5.21. The molecule has 0 bridgehead atoms. The first-order valence-corrected chi connectivity index (χ1v) is 6.90. The van der Waals surface area contributed by atoms with Gasteiger partial charge in [0.15, 0.2) is 6.61 Å². The summed E-state index contributed by atoms with van der Waals surface area (Å²) >= 11 is 0. The standard InChI is InChI=1S/C17H11N3O5/c18-8-9-25-16-11-14(19-17(21)22)15(20(23)24)10-13(16)7-6-12-4-2-1-3-5-12/h1-5,10-11,19H,9H2,(H,21,22). The van der Waals surface area contributed by atoms with Crippen molar-refractivity contribution in [3.8, 4) is 23.7 Å². The number of carbonyl (C=O) groups is 1. The minimum Gasteiger partial charge on any atom is -0.477 e. The number of carboxylic acid groups (broad SMARTS) is 1. The summed E-state index contributed by atoms with van der Waals surface area (Å²) in [6, 6.07) is 12.9. The maximum absolute atomic E-state index is 11.2. The SMILES string of the molecule is N#CCOc1cc(NC(=O)O)c([N+](=O)[O-])cc1C#Cc1ccccc1. The maximum atomic E-state index is 11.2. The Morgan fingerprint density at radius 2 is 2.00 bits per heavy atom. The molecule has 0 spiro atoms. The zero-order valence-corrected chi connectivity index (χ0v) is 12.7. The molecule has 0 radical (unpaired) electrons. The van der Waals surface area contributed by atoms with Gasteiger partial charge in [-0.2, -0.15) is 5.26 Å². The first kappa shape index (κ1) is 17.3. The van der Waals surface area contributed by atoms with E-state index in [2.05, 4.69) is 11.8 Å². The second kappa shape index (κ2) is 7.99. The maximum Gasteiger partial charge on any atom is 0.409 e. The van der Waals surface area contributed by atoms with Gasteiger partial charge in [-0.15, -0.1) is 0 Å². The van der Waals surface area contributed by atoms with Crippen molar-refractivity contribution >= 4 is 17.5 Å². The van der Waals surface area contributed by atoms with Crippen molar-refractivity contribution in [2.45, 2.75) is 0 Å². The van der Waals surface area contributed by atoms with Gasteiger partial charge in [0.1, 0.15) is 17.5 Å². The van der Waals surface area contributed by atoms with Gasteiger partial charge in [-0.25, -0.2) is 4.79 Å². The van der Waals surface area contributed by atoms with Gasteiger partial charge in [-0.05, 0) is 12.1 Å². The van der Waals surface area contributed by atoms with Crippen LogP contribution in [0.3, 0.4) is 0 Å². The van der Waals surface area contributed by atoms with Crippen molar-refractivity contribution < 1.29 is 19.6 Å². The number of anilines is 1. The summed E-state index contributed by atoms with van der Waals surface area (Å²) in [5, 5.41) is 30.6. The number of nitrogens with one attached hydrogen (secondary N) is 1. The number of hydrogen-bond acceptors (Lipinski definition) is 5. The Hall–Kier alpha value is -4.04. The van der Waals surface area contributed by atoms with Gasteiger partial charge in [-0.3, -0.25) is 15.4 Å². The summed E-state index contributed by atoms with van der Waals surface area (Å²) in [4.78, 5) is 21.3. The van der Waals surface area contributed by atoms with E-state index in [0.717, 1.165) is 12.1 Å². The third-order valence-electron chi connectivity index (χ3n) is 2.94. The van der Waals surface area contributed by atoms with E-state index in [1.165, 1.54) is 0 Å². The Kier molecular flexibility index (Phi) is 5.54. The van der Waals surface area contributed by atoms with Crippen molar-refractivity contribution in [3.05, 3.63) is 63.7 Å². The minimum atomic E-state index is -1.46. The van der Waals surface area contributed by atoms with Crippen LogP contribution in [0.4, 0.5) is 16.2 Å². The number of nitriles is 1. The van der Waals surface area contributed by atoms with Crippen LogP contribution in [0.1, 0.15) is 11.1 Å². The third kappa shape index (κ3) is 4.71. The highest BCUT2D eigenvalue weighted by molar-refractivity contribution is 5.87. The largest absolute Gasteiger partial charge is 0.477 e. The normalized spacial score (nSPS) is 9.24. The summed E-state index contributed by atoms with van der Waals surface area (Å²) in [5.41, 5.74) is 0.116. The Bertz CT molecular complexity index is 908. The lowest BCUT2D eigenvalue weighted by atomic mass is 10.1. The van der Waals surface area contributed by atoms with E-state index in [1.807, 2.05) is 11.4 Å². The molecule has 0 aliphatic heterocycles. The van der Waals surface area contributed by atoms with Gasteiger partial charge in [-0.1, -0.05) is 30.0 Å². The Balaban J connectivity index is 2.54. The predicted octanol–water partition coefficient (Wildman–Crippen LogP) is 2.99. The summed E-state index contributed by atoms with van der Waals surface area (Å²) in [6.45, 7) is -0.315. The van der Waals surface area contributed by atoms with Gasteiger partial charge < -0.3 is 9.84 Å². The lowest BCUT2D eigenvalue weighted by molar-refractivity contribution is -0.384. The van der Waals surface area contributed by atoms with Crippen molar-refractivity contribution in [2.75, 3.05) is 11.9 Å². The first-order valence-electron chi connectivity index (χ1n) is 6.90. The Labute approximate surface area is 142 Å². The molecule has 0 aromatic heterocycles. The quantitative estimate of drug-likeness (QED) is 0.502. The predicted molar refractivity (Wildman–Crippen MR) is 88.3 cm³/mol. The number of ether oxygens (including phenoxy) is 1. The van der Waals surface area contributed by atoms with Gasteiger partial charge >= 0.3 is 6.09 Å². The summed E-state index contributed by atoms with van der Waals surface area (Å²) in [7, 11) is 0. The van der Waals surface area contributed by atoms with Crippen LogP contribution in [0.25, 0.3) is 0 Å². The van der Waals surface area contributed by atoms with Crippen LogP contribution in [0.2, 0.25) is 0 Å². The molecule has 124 valence electrons. The number of nitrogens with zero attached hydrogens (tertiary/aromatic N) is 2. The molecule has 0 aliphatic rings. The van der Waals surface area contributed by atoms with E-state index < -0.39 is 16.7 Å². The van der Waals surface area contributed by atoms with Gasteiger partial charge in [0.05, 0.1) is 10.5 Å². The van der Waals surface area contributed by atoms with E-state index in [0.29, 0.717) is 5.56 Å². The summed E-state index contributed by atoms with van der Waals surface area (Å²) in [5.74, 6) is 5.65. The molecule has 0 unspecified atom stereocenters. The topological polar surface area (TPSA) is 125 Å². The van der Waals surface area contributed by atoms with Crippen molar-refractivity contribution in [1.82, 2.24) is 0 Å². The fourth-order valence-electron chi connectivity index (χ4n) is 1.92. The minimum absolute atomic E-state index is 0.0688. The van der Waals surface area contributed by atoms with Crippen molar-refractivity contribution in [1.29, 1.82) is 5.26 Å². The molecule has 0 saturated heterocycles. The fraction of sp³-hybridized carbons (Fsp3) is 0.0588. The molecule has 8 heteroatoms. The number of rotatable bonds is 4. The van der Waals surface area contributed by atoms with Crippen molar-refractivity contribution in [2.24, 2.45) is 0 Å². The zero-order chi connectivity index (χ0) is 18.2. The number of nitro benzene ring substituents is 1. The molecule has 0 atom stereocenters. The van der Waals surface area contributed by atoms with E-state index >= 15 is 0 Å². The van der Waals surface area contributed by atoms with E-state index in [9.17, 15) is 14.9 Å². The average molecular weight is 337 g/mol. The van der Waals surface area contributed by atoms with Gasteiger partial charge in [0.25, 0.3) is 5.69 Å². The zero-order valence-electron chi connectivity index (χ0n) is 12.7. The monoisotopic (exact) mass is 337 g/mol. The number of amides is 1. The first-order chi connectivity index (χ1) is 12.0. The highest BCUT2D eigenvalue weighted by Crippen LogP contribution is 2.32. The average Bonchev–Trinajstić information content (AvgIpc) is 2.59. The van der Waals surface area contributed by atoms with Crippen LogP contribution >= 0.6 is 0 Å².